The van der Waals surface area contributed by atoms with E-state index in [0.717, 1.165) is 23.4 Å². The molecule has 1 heterocycles. The second-order valence-electron chi connectivity index (χ2n) is 9.35. The van der Waals surface area contributed by atoms with Gasteiger partial charge in [0, 0.05) is 32.2 Å². The van der Waals surface area contributed by atoms with Crippen LogP contribution in [-0.4, -0.2) is 51.7 Å². The van der Waals surface area contributed by atoms with Gasteiger partial charge in [0.05, 0.1) is 24.4 Å². The molecular weight excluding hydrogens is 433 g/mol. The van der Waals surface area contributed by atoms with Gasteiger partial charge in [-0.25, -0.2) is 9.07 Å². The first-order chi connectivity index (χ1) is 16.4. The molecule has 6 nitrogen and oxygen atoms in total. The molecular formula is C27H34FN3O3. The van der Waals surface area contributed by atoms with E-state index >= 15 is 0 Å². The van der Waals surface area contributed by atoms with E-state index in [1.54, 1.807) is 16.8 Å². The minimum atomic E-state index is -0.584. The summed E-state index contributed by atoms with van der Waals surface area (Å²) in [5.74, 6) is 1.50. The van der Waals surface area contributed by atoms with Crippen molar-refractivity contribution in [1.82, 2.24) is 14.7 Å². The minimum absolute atomic E-state index is 0.0743. The summed E-state index contributed by atoms with van der Waals surface area (Å²) in [7, 11) is 1.85. The van der Waals surface area contributed by atoms with E-state index in [-0.39, 0.29) is 11.9 Å². The summed E-state index contributed by atoms with van der Waals surface area (Å²) in [6.07, 6.45) is 1.92. The van der Waals surface area contributed by atoms with Gasteiger partial charge in [-0.05, 0) is 56.9 Å². The summed E-state index contributed by atoms with van der Waals surface area (Å²) in [4.78, 5) is 2.27. The zero-order chi connectivity index (χ0) is 24.1. The Morgan fingerprint density at radius 1 is 1.12 bits per heavy atom. The van der Waals surface area contributed by atoms with Crippen LogP contribution in [0.1, 0.15) is 32.3 Å². The molecule has 2 aromatic carbocycles. The largest absolute Gasteiger partial charge is 0.439 e. The highest BCUT2D eigenvalue weighted by molar-refractivity contribution is 5.65. The fourth-order valence-corrected chi connectivity index (χ4v) is 4.01. The van der Waals surface area contributed by atoms with Crippen molar-refractivity contribution in [2.45, 2.75) is 45.4 Å². The van der Waals surface area contributed by atoms with Crippen LogP contribution in [0.5, 0.6) is 11.6 Å². The molecule has 1 fully saturated rings. The smallest absolute Gasteiger partial charge is 0.222 e. The van der Waals surface area contributed by atoms with Gasteiger partial charge in [-0.1, -0.05) is 30.3 Å². The molecule has 1 aromatic heterocycles. The number of hydrogen-bond acceptors (Lipinski definition) is 5. The molecule has 0 saturated heterocycles. The third-order valence-electron chi connectivity index (χ3n) is 5.85. The number of benzene rings is 2. The van der Waals surface area contributed by atoms with E-state index in [9.17, 15) is 9.50 Å². The Hall–Kier alpha value is -2.74. The van der Waals surface area contributed by atoms with E-state index in [4.69, 9.17) is 14.6 Å². The summed E-state index contributed by atoms with van der Waals surface area (Å²) in [6.45, 7) is 6.21. The summed E-state index contributed by atoms with van der Waals surface area (Å²) < 4.78 is 27.0. The third-order valence-corrected chi connectivity index (χ3v) is 5.85. The number of hydrogen-bond donors (Lipinski definition) is 1. The summed E-state index contributed by atoms with van der Waals surface area (Å²) in [5, 5.41) is 15.4. The average molecular weight is 468 g/mol. The highest BCUT2D eigenvalue weighted by atomic mass is 19.1. The van der Waals surface area contributed by atoms with E-state index in [1.165, 1.54) is 25.0 Å². The predicted octanol–water partition coefficient (Wildman–Crippen LogP) is 5.02. The maximum atomic E-state index is 13.4. The number of aliphatic hydroxyl groups excluding tert-OH is 1. The first-order valence-corrected chi connectivity index (χ1v) is 12.0. The molecule has 7 heteroatoms. The fraction of sp³-hybridized carbons (Fsp3) is 0.444. The second-order valence-corrected chi connectivity index (χ2v) is 9.35. The lowest BCUT2D eigenvalue weighted by Crippen LogP contribution is -2.36. The van der Waals surface area contributed by atoms with E-state index in [0.29, 0.717) is 37.2 Å². The number of halogens is 1. The van der Waals surface area contributed by atoms with Crippen molar-refractivity contribution in [2.24, 2.45) is 13.0 Å². The van der Waals surface area contributed by atoms with Crippen LogP contribution in [-0.2, 0) is 18.3 Å². The summed E-state index contributed by atoms with van der Waals surface area (Å²) >= 11 is 0. The Kier molecular flexibility index (Phi) is 7.98. The molecule has 182 valence electrons. The van der Waals surface area contributed by atoms with Gasteiger partial charge in [-0.15, -0.1) is 0 Å². The van der Waals surface area contributed by atoms with Crippen LogP contribution in [0.3, 0.4) is 0 Å². The normalized spacial score (nSPS) is 14.7. The van der Waals surface area contributed by atoms with E-state index in [1.807, 2.05) is 51.2 Å². The van der Waals surface area contributed by atoms with Gasteiger partial charge in [-0.2, -0.15) is 5.10 Å². The quantitative estimate of drug-likeness (QED) is 0.406. The topological polar surface area (TPSA) is 59.8 Å². The van der Waals surface area contributed by atoms with E-state index < -0.39 is 6.10 Å². The molecule has 1 N–H and O–H groups in total. The molecule has 0 spiro atoms. The molecule has 34 heavy (non-hydrogen) atoms. The van der Waals surface area contributed by atoms with Gasteiger partial charge in [0.2, 0.25) is 5.88 Å². The highest BCUT2D eigenvalue weighted by Gasteiger charge is 2.28. The van der Waals surface area contributed by atoms with Crippen LogP contribution < -0.4 is 4.74 Å². The van der Waals surface area contributed by atoms with Crippen molar-refractivity contribution in [3.63, 3.8) is 0 Å². The maximum Gasteiger partial charge on any atom is 0.222 e. The monoisotopic (exact) mass is 467 g/mol. The molecule has 1 aliphatic carbocycles. The Labute approximate surface area is 200 Å². The zero-order valence-electron chi connectivity index (χ0n) is 20.2. The maximum absolute atomic E-state index is 13.4. The Morgan fingerprint density at radius 2 is 1.82 bits per heavy atom. The van der Waals surface area contributed by atoms with Crippen molar-refractivity contribution >= 4 is 0 Å². The van der Waals surface area contributed by atoms with Crippen molar-refractivity contribution in [3.8, 4) is 22.9 Å². The lowest BCUT2D eigenvalue weighted by atomic mass is 10.1. The molecule has 4 rings (SSSR count). The predicted molar refractivity (Wildman–Crippen MR) is 130 cm³/mol. The van der Waals surface area contributed by atoms with Crippen LogP contribution in [0.15, 0.2) is 54.6 Å². The van der Waals surface area contributed by atoms with Gasteiger partial charge in [0.1, 0.15) is 17.3 Å². The first kappa shape index (κ1) is 24.4. The molecule has 1 saturated carbocycles. The van der Waals surface area contributed by atoms with Crippen molar-refractivity contribution in [2.75, 3.05) is 19.7 Å². The van der Waals surface area contributed by atoms with Gasteiger partial charge in [0.15, 0.2) is 0 Å². The molecule has 0 aliphatic heterocycles. The van der Waals surface area contributed by atoms with Crippen LogP contribution in [0.25, 0.3) is 11.3 Å². The number of aromatic nitrogens is 2. The van der Waals surface area contributed by atoms with Crippen molar-refractivity contribution in [1.29, 1.82) is 0 Å². The highest BCUT2D eigenvalue weighted by Crippen LogP contribution is 2.36. The SMILES string of the molecule is CC(C)OC[C@@H](O)CN(Cc1c(-c2ccccc2)nn(C)c1Oc1ccc(F)cc1)CC1CC1. The Morgan fingerprint density at radius 3 is 2.47 bits per heavy atom. The fourth-order valence-electron chi connectivity index (χ4n) is 4.01. The lowest BCUT2D eigenvalue weighted by Gasteiger charge is -2.26. The first-order valence-electron chi connectivity index (χ1n) is 12.0. The Bertz CT molecular complexity index is 1050. The van der Waals surface area contributed by atoms with Gasteiger partial charge in [-0.3, -0.25) is 4.90 Å². The van der Waals surface area contributed by atoms with Crippen LogP contribution in [0, 0.1) is 11.7 Å². The average Bonchev–Trinajstić information content (AvgIpc) is 3.58. The van der Waals surface area contributed by atoms with Crippen LogP contribution in [0.2, 0.25) is 0 Å². The number of aryl methyl sites for hydroxylation is 1. The lowest BCUT2D eigenvalue weighted by molar-refractivity contribution is -0.0101. The number of rotatable bonds is 12. The number of ether oxygens (including phenoxy) is 2. The van der Waals surface area contributed by atoms with E-state index in [2.05, 4.69) is 4.90 Å². The molecule has 0 unspecified atom stereocenters. The third kappa shape index (κ3) is 6.65. The molecule has 0 amide bonds. The van der Waals surface area contributed by atoms with Gasteiger partial charge >= 0.3 is 0 Å². The molecule has 1 atom stereocenters. The summed E-state index contributed by atoms with van der Waals surface area (Å²) in [5.41, 5.74) is 2.78. The summed E-state index contributed by atoms with van der Waals surface area (Å²) in [6, 6.07) is 16.0. The number of nitrogens with zero attached hydrogens (tertiary/aromatic N) is 3. The van der Waals surface area contributed by atoms with Crippen LogP contribution in [0.4, 0.5) is 4.39 Å². The van der Waals surface area contributed by atoms with Crippen LogP contribution >= 0.6 is 0 Å². The van der Waals surface area contributed by atoms with Crippen molar-refractivity contribution < 1.29 is 19.0 Å². The standard InChI is InChI=1S/C27H34FN3O3/c1-19(2)33-18-23(32)16-31(15-20-9-10-20)17-25-26(21-7-5-4-6-8-21)29-30(3)27(25)34-24-13-11-22(28)12-14-24/h4-8,11-14,19-20,23,32H,9-10,15-18H2,1-3H3/t23-/m0/s1. The zero-order valence-corrected chi connectivity index (χ0v) is 20.2. The molecule has 0 radical (unpaired) electrons. The molecule has 0 bridgehead atoms. The van der Waals surface area contributed by atoms with Crippen molar-refractivity contribution in [3.05, 3.63) is 66.0 Å². The Balaban J connectivity index is 1.64. The van der Waals surface area contributed by atoms with Gasteiger partial charge < -0.3 is 14.6 Å². The molecule has 3 aromatic rings. The number of aliphatic hydroxyl groups is 1. The second kappa shape index (κ2) is 11.1. The van der Waals surface area contributed by atoms with Gasteiger partial charge in [0.25, 0.3) is 0 Å². The minimum Gasteiger partial charge on any atom is -0.439 e. The molecule has 1 aliphatic rings.